The highest BCUT2D eigenvalue weighted by Gasteiger charge is 2.41. The Labute approximate surface area is 221 Å². The Kier molecular flexibility index (Phi) is 6.74. The van der Waals surface area contributed by atoms with Crippen molar-refractivity contribution in [3.05, 3.63) is 89.0 Å². The van der Waals surface area contributed by atoms with Gasteiger partial charge in [0.05, 0.1) is 21.2 Å². The number of nitrogens with one attached hydrogen (secondary N) is 1. The summed E-state index contributed by atoms with van der Waals surface area (Å²) in [6.07, 6.45) is -0.0351. The quantitative estimate of drug-likeness (QED) is 0.244. The number of hydrogen-bond acceptors (Lipinski definition) is 8. The highest BCUT2D eigenvalue weighted by Crippen LogP contribution is 2.36. The van der Waals surface area contributed by atoms with E-state index in [2.05, 4.69) is 17.4 Å². The van der Waals surface area contributed by atoms with Crippen molar-refractivity contribution in [1.29, 1.82) is 10.5 Å². The van der Waals surface area contributed by atoms with Gasteiger partial charge in [-0.15, -0.1) is 11.3 Å². The number of benzene rings is 3. The van der Waals surface area contributed by atoms with E-state index in [-0.39, 0.29) is 28.8 Å². The van der Waals surface area contributed by atoms with E-state index in [1.54, 1.807) is 35.6 Å². The van der Waals surface area contributed by atoms with Crippen LogP contribution in [-0.4, -0.2) is 22.0 Å². The Morgan fingerprint density at radius 3 is 2.49 bits per heavy atom. The van der Waals surface area contributed by atoms with Crippen LogP contribution in [0.25, 0.3) is 20.8 Å². The van der Waals surface area contributed by atoms with Gasteiger partial charge in [-0.2, -0.15) is 10.5 Å². The molecule has 37 heavy (non-hydrogen) atoms. The number of amides is 2. The Morgan fingerprint density at radius 2 is 1.78 bits per heavy atom. The van der Waals surface area contributed by atoms with Crippen LogP contribution in [0.2, 0.25) is 0 Å². The van der Waals surface area contributed by atoms with Crippen molar-refractivity contribution < 1.29 is 9.59 Å². The molecule has 0 spiro atoms. The standard InChI is InChI=1S/C28H19N5O2S2/c1-17-7-12-23-22(13-17)32-26(36-23)18-8-10-21(11-9-18)33-25(34)14-24(28(33)35)37-27(19(15-29)16-30)31-20-5-3-2-4-6-20/h2-13,24,31H,14H2,1H3/t24-/m0/s1. The zero-order valence-corrected chi connectivity index (χ0v) is 21.3. The smallest absolute Gasteiger partial charge is 0.247 e. The molecule has 7 nitrogen and oxygen atoms in total. The average molecular weight is 522 g/mol. The molecule has 1 atom stereocenters. The molecule has 180 valence electrons. The lowest BCUT2D eigenvalue weighted by molar-refractivity contribution is -0.121. The van der Waals surface area contributed by atoms with Crippen LogP contribution < -0.4 is 10.2 Å². The number of thioether (sulfide) groups is 1. The van der Waals surface area contributed by atoms with Crippen LogP contribution in [0.1, 0.15) is 12.0 Å². The summed E-state index contributed by atoms with van der Waals surface area (Å²) >= 11 is 2.61. The first-order chi connectivity index (χ1) is 18.0. The minimum absolute atomic E-state index is 0.0351. The SMILES string of the molecule is Cc1ccc2sc(-c3ccc(N4C(=O)C[C@H](SC(Nc5ccccc5)=C(C#N)C#N)C4=O)cc3)nc2c1. The summed E-state index contributed by atoms with van der Waals surface area (Å²) in [7, 11) is 0. The van der Waals surface area contributed by atoms with Gasteiger partial charge in [0.15, 0.2) is 5.57 Å². The van der Waals surface area contributed by atoms with Crippen molar-refractivity contribution in [2.24, 2.45) is 0 Å². The minimum Gasteiger partial charge on any atom is -0.349 e. The summed E-state index contributed by atoms with van der Waals surface area (Å²) in [5.41, 5.74) is 3.98. The third-order valence-corrected chi connectivity index (χ3v) is 8.04. The molecule has 1 aliphatic heterocycles. The molecule has 1 fully saturated rings. The lowest BCUT2D eigenvalue weighted by atomic mass is 10.2. The summed E-state index contributed by atoms with van der Waals surface area (Å²) in [4.78, 5) is 32.0. The second kappa shape index (κ2) is 10.3. The number of allylic oxidation sites excluding steroid dienone is 1. The van der Waals surface area contributed by atoms with Gasteiger partial charge < -0.3 is 5.32 Å². The number of fused-ring (bicyclic) bond motifs is 1. The number of imide groups is 1. The summed E-state index contributed by atoms with van der Waals surface area (Å²) < 4.78 is 1.09. The Hall–Kier alpha value is -4.44. The topological polar surface area (TPSA) is 110 Å². The van der Waals surface area contributed by atoms with Gasteiger partial charge in [-0.25, -0.2) is 9.88 Å². The van der Waals surface area contributed by atoms with E-state index in [9.17, 15) is 20.1 Å². The molecule has 2 heterocycles. The molecule has 1 aromatic heterocycles. The van der Waals surface area contributed by atoms with Gasteiger partial charge in [0, 0.05) is 17.7 Å². The van der Waals surface area contributed by atoms with Crippen molar-refractivity contribution in [3.8, 4) is 22.7 Å². The fourth-order valence-electron chi connectivity index (χ4n) is 3.95. The summed E-state index contributed by atoms with van der Waals surface area (Å²) in [5, 5.41) is 22.2. The number of carbonyl (C=O) groups excluding carboxylic acids is 2. The minimum atomic E-state index is -0.761. The zero-order chi connectivity index (χ0) is 25.9. The highest BCUT2D eigenvalue weighted by atomic mass is 32.2. The van der Waals surface area contributed by atoms with Crippen molar-refractivity contribution >= 4 is 56.5 Å². The number of para-hydroxylation sites is 1. The number of carbonyl (C=O) groups is 2. The number of hydrogen-bond donors (Lipinski definition) is 1. The summed E-state index contributed by atoms with van der Waals surface area (Å²) in [6.45, 7) is 2.03. The van der Waals surface area contributed by atoms with E-state index in [1.165, 1.54) is 4.90 Å². The van der Waals surface area contributed by atoms with Crippen molar-refractivity contribution in [2.75, 3.05) is 10.2 Å². The predicted octanol–water partition coefficient (Wildman–Crippen LogP) is 6.01. The van der Waals surface area contributed by atoms with E-state index in [0.717, 1.165) is 38.1 Å². The molecule has 9 heteroatoms. The van der Waals surface area contributed by atoms with Gasteiger partial charge in [-0.3, -0.25) is 9.59 Å². The first-order valence-corrected chi connectivity index (χ1v) is 13.0. The maximum absolute atomic E-state index is 13.3. The number of aryl methyl sites for hydroxylation is 1. The van der Waals surface area contributed by atoms with Crippen molar-refractivity contribution in [2.45, 2.75) is 18.6 Å². The number of thiazole rings is 1. The van der Waals surface area contributed by atoms with Gasteiger partial charge in [0.1, 0.15) is 22.2 Å². The number of rotatable bonds is 6. The number of anilines is 2. The number of nitriles is 2. The third kappa shape index (κ3) is 4.96. The summed E-state index contributed by atoms with van der Waals surface area (Å²) in [6, 6.07) is 26.1. The predicted molar refractivity (Wildman–Crippen MR) is 147 cm³/mol. The van der Waals surface area contributed by atoms with Crippen molar-refractivity contribution in [3.63, 3.8) is 0 Å². The molecule has 0 bridgehead atoms. The largest absolute Gasteiger partial charge is 0.349 e. The molecule has 5 rings (SSSR count). The fraction of sp³-hybridized carbons (Fsp3) is 0.107. The summed E-state index contributed by atoms with van der Waals surface area (Å²) in [5.74, 6) is -0.721. The fourth-order valence-corrected chi connectivity index (χ4v) is 6.01. The molecule has 1 aliphatic rings. The van der Waals surface area contributed by atoms with Gasteiger partial charge in [0.25, 0.3) is 0 Å². The molecule has 0 radical (unpaired) electrons. The van der Waals surface area contributed by atoms with Crippen molar-refractivity contribution in [1.82, 2.24) is 4.98 Å². The third-order valence-electron chi connectivity index (χ3n) is 5.76. The van der Waals surface area contributed by atoms with Gasteiger partial charge >= 0.3 is 0 Å². The zero-order valence-electron chi connectivity index (χ0n) is 19.6. The molecular formula is C28H19N5O2S2. The normalized spacial score (nSPS) is 14.9. The Bertz CT molecular complexity index is 1610. The molecule has 2 amide bonds. The molecule has 1 saturated heterocycles. The first kappa shape index (κ1) is 24.3. The second-order valence-corrected chi connectivity index (χ2v) is 10.6. The van der Waals surface area contributed by atoms with Crippen LogP contribution in [0.5, 0.6) is 0 Å². The highest BCUT2D eigenvalue weighted by molar-refractivity contribution is 8.04. The van der Waals surface area contributed by atoms with E-state index < -0.39 is 5.25 Å². The van der Waals surface area contributed by atoms with Crippen LogP contribution in [0.4, 0.5) is 11.4 Å². The van der Waals surface area contributed by atoms with Gasteiger partial charge in [0.2, 0.25) is 11.8 Å². The average Bonchev–Trinajstić information content (AvgIpc) is 3.45. The maximum atomic E-state index is 13.3. The maximum Gasteiger partial charge on any atom is 0.247 e. The van der Waals surface area contributed by atoms with Crippen LogP contribution >= 0.6 is 23.1 Å². The number of nitrogens with zero attached hydrogens (tertiary/aromatic N) is 4. The van der Waals surface area contributed by atoms with E-state index >= 15 is 0 Å². The lowest BCUT2D eigenvalue weighted by Crippen LogP contribution is -2.31. The van der Waals surface area contributed by atoms with E-state index in [0.29, 0.717) is 11.4 Å². The van der Waals surface area contributed by atoms with Gasteiger partial charge in [-0.1, -0.05) is 36.0 Å². The molecule has 1 N–H and O–H groups in total. The molecule has 4 aromatic rings. The molecule has 0 unspecified atom stereocenters. The molecule has 0 saturated carbocycles. The van der Waals surface area contributed by atoms with Crippen LogP contribution in [-0.2, 0) is 9.59 Å². The molecule has 3 aromatic carbocycles. The molecular weight excluding hydrogens is 502 g/mol. The lowest BCUT2D eigenvalue weighted by Gasteiger charge is -2.16. The second-order valence-electron chi connectivity index (χ2n) is 8.33. The van der Waals surface area contributed by atoms with Crippen LogP contribution in [0.3, 0.4) is 0 Å². The van der Waals surface area contributed by atoms with Crippen LogP contribution in [0, 0.1) is 29.6 Å². The Balaban J connectivity index is 1.36. The first-order valence-electron chi connectivity index (χ1n) is 11.3. The van der Waals surface area contributed by atoms with E-state index in [4.69, 9.17) is 4.98 Å². The monoisotopic (exact) mass is 521 g/mol. The van der Waals surface area contributed by atoms with Gasteiger partial charge in [-0.05, 0) is 61.0 Å². The van der Waals surface area contributed by atoms with E-state index in [1.807, 2.05) is 55.5 Å². The number of aromatic nitrogens is 1. The van der Waals surface area contributed by atoms with Crippen LogP contribution in [0.15, 0.2) is 83.4 Å². The Morgan fingerprint density at radius 1 is 1.05 bits per heavy atom. The molecule has 0 aliphatic carbocycles.